The van der Waals surface area contributed by atoms with Gasteiger partial charge in [0.15, 0.2) is 22.9 Å². The first-order chi connectivity index (χ1) is 14.0. The van der Waals surface area contributed by atoms with Gasteiger partial charge < -0.3 is 24.9 Å². The molecule has 3 N–H and O–H groups in total. The summed E-state index contributed by atoms with van der Waals surface area (Å²) in [4.78, 5) is 24.4. The van der Waals surface area contributed by atoms with Crippen molar-refractivity contribution >= 4 is 34.1 Å². The Morgan fingerprint density at radius 2 is 2.10 bits per heavy atom. The van der Waals surface area contributed by atoms with E-state index in [4.69, 9.17) is 15.2 Å². The lowest BCUT2D eigenvalue weighted by molar-refractivity contribution is -0.0508. The first-order valence-corrected chi connectivity index (χ1v) is 10.4. The number of hydrogen-bond acceptors (Lipinski definition) is 9. The average Bonchev–Trinajstić information content (AvgIpc) is 3.28. The van der Waals surface area contributed by atoms with E-state index in [1.54, 1.807) is 34.9 Å². The van der Waals surface area contributed by atoms with Crippen molar-refractivity contribution in [2.24, 2.45) is 0 Å². The molecule has 1 saturated heterocycles. The molecule has 5 atom stereocenters. The second kappa shape index (κ2) is 7.95. The highest BCUT2D eigenvalue weighted by molar-refractivity contribution is 7.91. The number of carbonyl (C=O) groups is 1. The minimum atomic E-state index is -1.44. The van der Waals surface area contributed by atoms with E-state index in [1.807, 2.05) is 0 Å². The second-order valence-corrected chi connectivity index (χ2v) is 8.11. The van der Waals surface area contributed by atoms with E-state index in [9.17, 15) is 14.5 Å². The predicted molar refractivity (Wildman–Crippen MR) is 104 cm³/mol. The lowest BCUT2D eigenvalue weighted by atomic mass is 10.2. The van der Waals surface area contributed by atoms with Gasteiger partial charge in [-0.2, -0.15) is 0 Å². The lowest BCUT2D eigenvalue weighted by Gasteiger charge is -2.22. The fourth-order valence-corrected chi connectivity index (χ4v) is 4.40. The van der Waals surface area contributed by atoms with E-state index in [-0.39, 0.29) is 12.4 Å². The fourth-order valence-electron chi connectivity index (χ4n) is 3.31. The Bertz CT molecular complexity index is 1010. The maximum atomic E-state index is 12.3. The lowest BCUT2D eigenvalue weighted by Crippen LogP contribution is -2.39. The zero-order valence-electron chi connectivity index (χ0n) is 15.4. The van der Waals surface area contributed by atoms with Crippen molar-refractivity contribution in [1.82, 2.24) is 19.5 Å². The van der Waals surface area contributed by atoms with Crippen molar-refractivity contribution in [1.29, 1.82) is 0 Å². The number of nitrogens with zero attached hydrogens (tertiary/aromatic N) is 4. The zero-order valence-corrected chi connectivity index (χ0v) is 16.2. The van der Waals surface area contributed by atoms with Gasteiger partial charge in [0.25, 0.3) is 0 Å². The summed E-state index contributed by atoms with van der Waals surface area (Å²) in [5.74, 6) is -0.331. The van der Waals surface area contributed by atoms with Crippen LogP contribution in [-0.4, -0.2) is 65.5 Å². The van der Waals surface area contributed by atoms with E-state index < -0.39 is 40.8 Å². The van der Waals surface area contributed by atoms with Crippen molar-refractivity contribution in [3.63, 3.8) is 0 Å². The molecule has 10 nitrogen and oxygen atoms in total. The molecule has 2 aromatic heterocycles. The van der Waals surface area contributed by atoms with Crippen molar-refractivity contribution < 1.29 is 23.9 Å². The Morgan fingerprint density at radius 1 is 1.34 bits per heavy atom. The van der Waals surface area contributed by atoms with Gasteiger partial charge in [-0.3, -0.25) is 4.57 Å². The van der Waals surface area contributed by atoms with E-state index in [0.717, 1.165) is 0 Å². The number of hydrogen-bond donors (Lipinski definition) is 2. The molecular formula is C18H19N5O5S. The third-order valence-electron chi connectivity index (χ3n) is 4.75. The van der Waals surface area contributed by atoms with Crippen LogP contribution in [0.25, 0.3) is 11.2 Å². The summed E-state index contributed by atoms with van der Waals surface area (Å²) < 4.78 is 25.1. The number of esters is 1. The minimum absolute atomic E-state index is 0.192. The number of aliphatic hydroxyl groups is 1. The van der Waals surface area contributed by atoms with Gasteiger partial charge in [0.1, 0.15) is 30.7 Å². The summed E-state index contributed by atoms with van der Waals surface area (Å²) in [5.41, 5.74) is 6.98. The summed E-state index contributed by atoms with van der Waals surface area (Å²) in [6.45, 7) is -0.192. The number of nitrogens with two attached hydrogens (primary N) is 1. The molecule has 29 heavy (non-hydrogen) atoms. The number of carbonyl (C=O) groups excluding carboxylic acids is 1. The first kappa shape index (κ1) is 19.6. The summed E-state index contributed by atoms with van der Waals surface area (Å²) in [7, 11) is 0. The molecule has 1 unspecified atom stereocenters. The molecule has 1 aromatic carbocycles. The Labute approximate surface area is 168 Å². The van der Waals surface area contributed by atoms with Crippen molar-refractivity contribution in [2.45, 2.75) is 23.7 Å². The van der Waals surface area contributed by atoms with Crippen LogP contribution in [0, 0.1) is 0 Å². The van der Waals surface area contributed by atoms with Crippen LogP contribution in [0.5, 0.6) is 0 Å². The topological polar surface area (TPSA) is 148 Å². The number of benzene rings is 1. The van der Waals surface area contributed by atoms with Crippen LogP contribution in [0.1, 0.15) is 16.6 Å². The molecule has 1 fully saturated rings. The van der Waals surface area contributed by atoms with Crippen LogP contribution >= 0.6 is 0 Å². The number of rotatable bonds is 5. The van der Waals surface area contributed by atoms with E-state index in [0.29, 0.717) is 16.7 Å². The highest BCUT2D eigenvalue weighted by Crippen LogP contribution is 2.36. The number of aromatic nitrogens is 4. The molecule has 0 bridgehead atoms. The summed E-state index contributed by atoms with van der Waals surface area (Å²) in [6.07, 6.45) is 1.41. The smallest absolute Gasteiger partial charge is 0.338 e. The van der Waals surface area contributed by atoms with Crippen LogP contribution < -0.4 is 5.73 Å². The highest BCUT2D eigenvalue weighted by atomic mass is 32.2. The van der Waals surface area contributed by atoms with Crippen molar-refractivity contribution in [3.05, 3.63) is 48.5 Å². The molecular weight excluding hydrogens is 398 g/mol. The third kappa shape index (κ3) is 3.65. The molecule has 0 spiro atoms. The third-order valence-corrected chi connectivity index (χ3v) is 6.02. The van der Waals surface area contributed by atoms with Crippen LogP contribution in [0.4, 0.5) is 5.82 Å². The van der Waals surface area contributed by atoms with Gasteiger partial charge in [-0.1, -0.05) is 18.2 Å². The van der Waals surface area contributed by atoms with Gasteiger partial charge in [-0.15, -0.1) is 0 Å². The molecule has 0 amide bonds. The fraction of sp³-hybridized carbons (Fsp3) is 0.333. The molecule has 0 radical (unpaired) electrons. The first-order valence-electron chi connectivity index (χ1n) is 8.78. The Morgan fingerprint density at radius 3 is 2.83 bits per heavy atom. The van der Waals surface area contributed by atoms with E-state index in [2.05, 4.69) is 15.0 Å². The van der Waals surface area contributed by atoms with E-state index in [1.165, 1.54) is 18.9 Å². The van der Waals surface area contributed by atoms with Crippen LogP contribution in [0.3, 0.4) is 0 Å². The van der Waals surface area contributed by atoms with Crippen molar-refractivity contribution in [3.8, 4) is 0 Å². The molecule has 3 aromatic rings. The zero-order chi connectivity index (χ0) is 20.5. The number of anilines is 1. The quantitative estimate of drug-likeness (QED) is 0.441. The molecule has 11 heteroatoms. The van der Waals surface area contributed by atoms with Crippen LogP contribution in [0.15, 0.2) is 43.0 Å². The monoisotopic (exact) mass is 417 g/mol. The number of ether oxygens (including phenoxy) is 2. The largest absolute Gasteiger partial charge is 0.616 e. The minimum Gasteiger partial charge on any atom is -0.616 e. The van der Waals surface area contributed by atoms with Gasteiger partial charge in [-0.05, 0) is 23.3 Å². The van der Waals surface area contributed by atoms with Crippen LogP contribution in [-0.2, 0) is 20.6 Å². The normalized spacial score (nSPS) is 25.2. The Balaban J connectivity index is 1.55. The molecule has 0 saturated carbocycles. The molecule has 4 rings (SSSR count). The molecule has 1 aliphatic heterocycles. The summed E-state index contributed by atoms with van der Waals surface area (Å²) >= 11 is -1.44. The SMILES string of the molecule is C[S+]([O-])[C@@H]1[C@H](O)[C@@H](COC(=O)c2ccccc2)O[C@H]1n1cnc2c(N)ncnc21. The number of imidazole rings is 1. The van der Waals surface area contributed by atoms with Gasteiger partial charge in [0, 0.05) is 0 Å². The molecule has 1 aliphatic rings. The van der Waals surface area contributed by atoms with E-state index >= 15 is 0 Å². The van der Waals surface area contributed by atoms with Gasteiger partial charge >= 0.3 is 5.97 Å². The second-order valence-electron chi connectivity index (χ2n) is 6.57. The molecule has 0 aliphatic carbocycles. The number of nitrogen functional groups attached to an aromatic ring is 1. The number of fused-ring (bicyclic) bond motifs is 1. The standard InChI is InChI=1S/C18H19N5O5S/c1-29(26)14-13(24)11(7-27-18(25)10-5-3-2-4-6-10)28-17(14)23-9-22-12-15(19)20-8-21-16(12)23/h2-6,8-9,11,13-14,17,24H,7H2,1H3,(H2,19,20,21)/t11-,13-,14-,17-,29?/m1/s1. The van der Waals surface area contributed by atoms with Gasteiger partial charge in [0.05, 0.1) is 18.1 Å². The molecule has 3 heterocycles. The van der Waals surface area contributed by atoms with Gasteiger partial charge in [0.2, 0.25) is 0 Å². The molecule has 152 valence electrons. The predicted octanol–water partition coefficient (Wildman–Crippen LogP) is 0.271. The summed E-state index contributed by atoms with van der Waals surface area (Å²) in [5, 5.41) is 9.92. The highest BCUT2D eigenvalue weighted by Gasteiger charge is 2.51. The maximum absolute atomic E-state index is 12.3. The van der Waals surface area contributed by atoms with Crippen LogP contribution in [0.2, 0.25) is 0 Å². The Kier molecular flexibility index (Phi) is 5.37. The van der Waals surface area contributed by atoms with Gasteiger partial charge in [-0.25, -0.2) is 19.7 Å². The summed E-state index contributed by atoms with van der Waals surface area (Å²) in [6, 6.07) is 8.49. The maximum Gasteiger partial charge on any atom is 0.338 e. The Hall–Kier alpha value is -2.73. The van der Waals surface area contributed by atoms with Crippen molar-refractivity contribution in [2.75, 3.05) is 18.6 Å². The average molecular weight is 417 g/mol. The number of aliphatic hydroxyl groups excluding tert-OH is 1.